The van der Waals surface area contributed by atoms with Crippen LogP contribution < -0.4 is 9.62 Å². The fraction of sp³-hybridized carbons (Fsp3) is 0.333. The molecule has 0 aliphatic heterocycles. The van der Waals surface area contributed by atoms with Crippen molar-refractivity contribution in [2.24, 2.45) is 0 Å². The van der Waals surface area contributed by atoms with E-state index in [1.807, 2.05) is 30.3 Å². The number of hydrogen-bond donors (Lipinski definition) is 1. The monoisotopic (exact) mass is 435 g/mol. The maximum atomic E-state index is 13.3. The number of carbonyl (C=O) groups is 2. The lowest BCUT2D eigenvalue weighted by atomic mass is 10.1. The molecule has 0 heterocycles. The van der Waals surface area contributed by atoms with Crippen LogP contribution in [0.25, 0.3) is 0 Å². The first-order valence-corrected chi connectivity index (χ1v) is 11.3. The van der Waals surface area contributed by atoms with Crippen molar-refractivity contribution in [2.45, 2.75) is 25.9 Å². The second-order valence-electron chi connectivity index (χ2n) is 6.79. The SMILES string of the molecule is CCC(C(=O)NC)N(Cc1ccccc1)C(=O)CN(c1ccc(F)cc1)S(C)(=O)=O. The van der Waals surface area contributed by atoms with Crippen molar-refractivity contribution in [3.05, 3.63) is 66.0 Å². The van der Waals surface area contributed by atoms with E-state index in [1.54, 1.807) is 6.92 Å². The molecule has 2 aromatic carbocycles. The van der Waals surface area contributed by atoms with Gasteiger partial charge in [0.05, 0.1) is 11.9 Å². The van der Waals surface area contributed by atoms with Gasteiger partial charge in [-0.15, -0.1) is 0 Å². The third-order valence-electron chi connectivity index (χ3n) is 4.62. The summed E-state index contributed by atoms with van der Waals surface area (Å²) in [5.74, 6) is -1.39. The standard InChI is InChI=1S/C21H26FN3O4S/c1-4-19(21(27)23-2)24(14-16-8-6-5-7-9-16)20(26)15-25(30(3,28)29)18-12-10-17(22)11-13-18/h5-13,19H,4,14-15H2,1-3H3,(H,23,27). The average Bonchev–Trinajstić information content (AvgIpc) is 2.72. The molecule has 0 aliphatic carbocycles. The van der Waals surface area contributed by atoms with Crippen molar-refractivity contribution in [1.82, 2.24) is 10.2 Å². The summed E-state index contributed by atoms with van der Waals surface area (Å²) >= 11 is 0. The van der Waals surface area contributed by atoms with E-state index < -0.39 is 34.3 Å². The summed E-state index contributed by atoms with van der Waals surface area (Å²) in [5, 5.41) is 2.55. The van der Waals surface area contributed by atoms with Gasteiger partial charge in [0.25, 0.3) is 0 Å². The predicted molar refractivity (Wildman–Crippen MR) is 114 cm³/mol. The number of nitrogens with one attached hydrogen (secondary N) is 1. The van der Waals surface area contributed by atoms with E-state index in [4.69, 9.17) is 0 Å². The van der Waals surface area contributed by atoms with Crippen LogP contribution in [0.1, 0.15) is 18.9 Å². The Morgan fingerprint density at radius 1 is 1.07 bits per heavy atom. The number of rotatable bonds is 9. The zero-order chi connectivity index (χ0) is 22.3. The lowest BCUT2D eigenvalue weighted by Crippen LogP contribution is -2.51. The van der Waals surface area contributed by atoms with Crippen molar-refractivity contribution >= 4 is 27.5 Å². The molecule has 1 N–H and O–H groups in total. The first kappa shape index (κ1) is 23.3. The summed E-state index contributed by atoms with van der Waals surface area (Å²) in [7, 11) is -2.34. The minimum Gasteiger partial charge on any atom is -0.357 e. The van der Waals surface area contributed by atoms with Crippen molar-refractivity contribution in [1.29, 1.82) is 0 Å². The maximum absolute atomic E-state index is 13.3. The quantitative estimate of drug-likeness (QED) is 0.654. The highest BCUT2D eigenvalue weighted by Gasteiger charge is 2.31. The molecular weight excluding hydrogens is 409 g/mol. The molecule has 30 heavy (non-hydrogen) atoms. The van der Waals surface area contributed by atoms with E-state index in [2.05, 4.69) is 5.32 Å². The molecule has 1 atom stereocenters. The molecule has 2 rings (SSSR count). The van der Waals surface area contributed by atoms with E-state index in [9.17, 15) is 22.4 Å². The third kappa shape index (κ3) is 6.03. The van der Waals surface area contributed by atoms with Gasteiger partial charge in [0, 0.05) is 13.6 Å². The van der Waals surface area contributed by atoms with Crippen LogP contribution in [0.4, 0.5) is 10.1 Å². The molecule has 0 aliphatic rings. The Kier molecular flexibility index (Phi) is 7.93. The first-order valence-electron chi connectivity index (χ1n) is 9.45. The number of halogens is 1. The van der Waals surface area contributed by atoms with Crippen LogP contribution in [0.5, 0.6) is 0 Å². The normalized spacial score (nSPS) is 12.1. The van der Waals surface area contributed by atoms with Crippen molar-refractivity contribution in [3.8, 4) is 0 Å². The van der Waals surface area contributed by atoms with Gasteiger partial charge in [-0.05, 0) is 36.2 Å². The van der Waals surface area contributed by atoms with Crippen LogP contribution >= 0.6 is 0 Å². The lowest BCUT2D eigenvalue weighted by Gasteiger charge is -2.32. The molecule has 0 radical (unpaired) electrons. The maximum Gasteiger partial charge on any atom is 0.244 e. The molecule has 2 amide bonds. The molecule has 9 heteroatoms. The molecular formula is C21H26FN3O4S. The zero-order valence-corrected chi connectivity index (χ0v) is 18.0. The molecule has 0 saturated heterocycles. The summed E-state index contributed by atoms with van der Waals surface area (Å²) < 4.78 is 38.9. The van der Waals surface area contributed by atoms with Gasteiger partial charge < -0.3 is 10.2 Å². The van der Waals surface area contributed by atoms with Gasteiger partial charge in [-0.2, -0.15) is 0 Å². The first-order chi connectivity index (χ1) is 14.2. The van der Waals surface area contributed by atoms with E-state index in [0.29, 0.717) is 6.42 Å². The fourth-order valence-electron chi connectivity index (χ4n) is 3.09. The molecule has 162 valence electrons. The van der Waals surface area contributed by atoms with Crippen LogP contribution in [-0.2, 0) is 26.2 Å². The molecule has 0 saturated carbocycles. The minimum absolute atomic E-state index is 0.145. The van der Waals surface area contributed by atoms with Crippen LogP contribution in [0.2, 0.25) is 0 Å². The molecule has 2 aromatic rings. The molecule has 0 spiro atoms. The Labute approximate surface area is 176 Å². The van der Waals surface area contributed by atoms with E-state index in [1.165, 1.54) is 24.1 Å². The zero-order valence-electron chi connectivity index (χ0n) is 17.2. The van der Waals surface area contributed by atoms with Crippen molar-refractivity contribution in [3.63, 3.8) is 0 Å². The van der Waals surface area contributed by atoms with Gasteiger partial charge in [0.15, 0.2) is 0 Å². The van der Waals surface area contributed by atoms with Gasteiger partial charge in [-0.3, -0.25) is 13.9 Å². The fourth-order valence-corrected chi connectivity index (χ4v) is 3.94. The number of benzene rings is 2. The van der Waals surface area contributed by atoms with E-state index >= 15 is 0 Å². The van der Waals surface area contributed by atoms with Gasteiger partial charge in [-0.1, -0.05) is 37.3 Å². The Morgan fingerprint density at radius 3 is 2.17 bits per heavy atom. The second kappa shape index (κ2) is 10.2. The number of nitrogens with zero attached hydrogens (tertiary/aromatic N) is 2. The van der Waals surface area contributed by atoms with Crippen LogP contribution in [0, 0.1) is 5.82 Å². The van der Waals surface area contributed by atoms with E-state index in [0.717, 1.165) is 28.3 Å². The predicted octanol–water partition coefficient (Wildman–Crippen LogP) is 2.15. The summed E-state index contributed by atoms with van der Waals surface area (Å²) in [6.07, 6.45) is 1.33. The summed E-state index contributed by atoms with van der Waals surface area (Å²) in [6, 6.07) is 13.2. The summed E-state index contributed by atoms with van der Waals surface area (Å²) in [6.45, 7) is 1.41. The number of carbonyl (C=O) groups excluding carboxylic acids is 2. The molecule has 0 aromatic heterocycles. The number of likely N-dealkylation sites (N-methyl/N-ethyl adjacent to an activating group) is 1. The largest absolute Gasteiger partial charge is 0.357 e. The molecule has 0 fully saturated rings. The molecule has 1 unspecified atom stereocenters. The topological polar surface area (TPSA) is 86.8 Å². The van der Waals surface area contributed by atoms with Gasteiger partial charge in [0.2, 0.25) is 21.8 Å². The van der Waals surface area contributed by atoms with Crippen LogP contribution in [0.3, 0.4) is 0 Å². The van der Waals surface area contributed by atoms with Crippen LogP contribution in [-0.4, -0.2) is 51.0 Å². The second-order valence-corrected chi connectivity index (χ2v) is 8.70. The van der Waals surface area contributed by atoms with Gasteiger partial charge >= 0.3 is 0 Å². The lowest BCUT2D eigenvalue weighted by molar-refractivity contribution is -0.140. The van der Waals surface area contributed by atoms with Crippen molar-refractivity contribution in [2.75, 3.05) is 24.2 Å². The van der Waals surface area contributed by atoms with Crippen LogP contribution in [0.15, 0.2) is 54.6 Å². The van der Waals surface area contributed by atoms with Gasteiger partial charge in [-0.25, -0.2) is 12.8 Å². The Balaban J connectivity index is 2.39. The molecule has 0 bridgehead atoms. The smallest absolute Gasteiger partial charge is 0.244 e. The Morgan fingerprint density at radius 2 is 1.67 bits per heavy atom. The Hall–Kier alpha value is -2.94. The minimum atomic E-state index is -3.83. The third-order valence-corrected chi connectivity index (χ3v) is 5.76. The summed E-state index contributed by atoms with van der Waals surface area (Å²) in [4.78, 5) is 27.0. The Bertz CT molecular complexity index is 966. The van der Waals surface area contributed by atoms with Crippen molar-refractivity contribution < 1.29 is 22.4 Å². The van der Waals surface area contributed by atoms with Gasteiger partial charge in [0.1, 0.15) is 18.4 Å². The number of anilines is 1. The number of hydrogen-bond acceptors (Lipinski definition) is 4. The highest BCUT2D eigenvalue weighted by atomic mass is 32.2. The number of amides is 2. The molecule has 7 nitrogen and oxygen atoms in total. The highest BCUT2D eigenvalue weighted by molar-refractivity contribution is 7.92. The highest BCUT2D eigenvalue weighted by Crippen LogP contribution is 2.20. The summed E-state index contributed by atoms with van der Waals surface area (Å²) in [5.41, 5.74) is 0.973. The number of sulfonamides is 1. The van der Waals surface area contributed by atoms with E-state index in [-0.39, 0.29) is 18.1 Å². The average molecular weight is 436 g/mol.